The van der Waals surface area contributed by atoms with Crippen LogP contribution in [0.5, 0.6) is 0 Å². The summed E-state index contributed by atoms with van der Waals surface area (Å²) in [6.07, 6.45) is 3.22. The number of hydrogen-bond acceptors (Lipinski definition) is 4. The molecule has 1 N–H and O–H groups in total. The van der Waals surface area contributed by atoms with E-state index in [2.05, 4.69) is 34.6 Å². The standard InChI is InChI=1S/C20H35NO4S/c1-13(15(22)8-9-18(2,3)4)17(23)21-16-11-14-7-10-20(16,19(14,5)6)12-26(21,24)25/h13-16,22H,7-12H2,1-6H3/t13-,14+,15-,16+,20+/m1/s1. The second kappa shape index (κ2) is 5.94. The highest BCUT2D eigenvalue weighted by Crippen LogP contribution is 2.70. The maximum Gasteiger partial charge on any atom is 0.241 e. The number of nitrogens with zero attached hydrogens (tertiary/aromatic N) is 1. The van der Waals surface area contributed by atoms with Crippen LogP contribution in [0.25, 0.3) is 0 Å². The first-order valence-corrected chi connectivity index (χ1v) is 11.6. The molecular formula is C20H35NO4S. The minimum atomic E-state index is -3.61. The van der Waals surface area contributed by atoms with Crippen molar-refractivity contribution < 1.29 is 18.3 Å². The van der Waals surface area contributed by atoms with Crippen LogP contribution in [0.2, 0.25) is 0 Å². The lowest BCUT2D eigenvalue weighted by Gasteiger charge is -2.37. The molecule has 1 spiro atoms. The number of hydrogen-bond donors (Lipinski definition) is 1. The molecule has 3 fully saturated rings. The van der Waals surface area contributed by atoms with Crippen molar-refractivity contribution in [1.82, 2.24) is 4.31 Å². The van der Waals surface area contributed by atoms with Gasteiger partial charge in [-0.25, -0.2) is 12.7 Å². The molecule has 0 radical (unpaired) electrons. The minimum absolute atomic E-state index is 0.0478. The molecular weight excluding hydrogens is 350 g/mol. The fraction of sp³-hybridized carbons (Fsp3) is 0.950. The van der Waals surface area contributed by atoms with Gasteiger partial charge in [0.2, 0.25) is 15.9 Å². The first-order chi connectivity index (χ1) is 11.7. The normalized spacial score (nSPS) is 36.8. The second-order valence-electron chi connectivity index (χ2n) is 10.7. The highest BCUT2D eigenvalue weighted by molar-refractivity contribution is 7.90. The lowest BCUT2D eigenvalue weighted by molar-refractivity contribution is -0.136. The fourth-order valence-electron chi connectivity index (χ4n) is 5.78. The van der Waals surface area contributed by atoms with Crippen molar-refractivity contribution in [2.75, 3.05) is 5.75 Å². The lowest BCUT2D eigenvalue weighted by atomic mass is 9.69. The van der Waals surface area contributed by atoms with E-state index in [1.165, 1.54) is 4.31 Å². The average Bonchev–Trinajstić information content (AvgIpc) is 2.97. The van der Waals surface area contributed by atoms with E-state index < -0.39 is 28.0 Å². The third kappa shape index (κ3) is 2.83. The quantitative estimate of drug-likeness (QED) is 0.806. The molecule has 6 heteroatoms. The summed E-state index contributed by atoms with van der Waals surface area (Å²) in [7, 11) is -3.61. The van der Waals surface area contributed by atoms with Crippen LogP contribution in [-0.4, -0.2) is 41.6 Å². The summed E-state index contributed by atoms with van der Waals surface area (Å²) in [6.45, 7) is 12.3. The summed E-state index contributed by atoms with van der Waals surface area (Å²) >= 11 is 0. The summed E-state index contributed by atoms with van der Waals surface area (Å²) < 4.78 is 27.1. The first-order valence-electron chi connectivity index (χ1n) is 9.97. The molecule has 0 aromatic heterocycles. The van der Waals surface area contributed by atoms with E-state index in [9.17, 15) is 18.3 Å². The zero-order valence-corrected chi connectivity index (χ0v) is 17.9. The van der Waals surface area contributed by atoms with Gasteiger partial charge >= 0.3 is 0 Å². The zero-order chi connectivity index (χ0) is 19.7. The zero-order valence-electron chi connectivity index (χ0n) is 17.1. The van der Waals surface area contributed by atoms with E-state index >= 15 is 0 Å². The molecule has 5 atom stereocenters. The Hall–Kier alpha value is -0.620. The van der Waals surface area contributed by atoms with E-state index in [1.807, 2.05) is 0 Å². The number of rotatable bonds is 4. The molecule has 1 amide bonds. The van der Waals surface area contributed by atoms with Gasteiger partial charge in [0.1, 0.15) is 0 Å². The van der Waals surface area contributed by atoms with Gasteiger partial charge in [0.05, 0.1) is 23.8 Å². The molecule has 3 rings (SSSR count). The number of carbonyl (C=O) groups excluding carboxylic acids is 1. The molecule has 2 bridgehead atoms. The molecule has 3 aliphatic rings. The average molecular weight is 386 g/mol. The van der Waals surface area contributed by atoms with Crippen LogP contribution in [0, 0.1) is 28.1 Å². The highest BCUT2D eigenvalue weighted by Gasteiger charge is 2.72. The van der Waals surface area contributed by atoms with Crippen LogP contribution < -0.4 is 0 Å². The van der Waals surface area contributed by atoms with Crippen molar-refractivity contribution in [2.24, 2.45) is 28.1 Å². The molecule has 2 aliphatic carbocycles. The van der Waals surface area contributed by atoms with Crippen molar-refractivity contribution >= 4 is 15.9 Å². The molecule has 0 unspecified atom stereocenters. The van der Waals surface area contributed by atoms with E-state index in [-0.39, 0.29) is 28.0 Å². The Labute approximate surface area is 158 Å². The third-order valence-corrected chi connectivity index (χ3v) is 9.70. The van der Waals surface area contributed by atoms with E-state index in [4.69, 9.17) is 0 Å². The van der Waals surface area contributed by atoms with Crippen molar-refractivity contribution in [3.05, 3.63) is 0 Å². The van der Waals surface area contributed by atoms with Crippen molar-refractivity contribution in [1.29, 1.82) is 0 Å². The molecule has 0 aromatic rings. The SMILES string of the molecule is C[C@@H](C(=O)N1[C@H]2C[C@@H]3CC[C@@]2(CS1(=O)=O)C3(C)C)[C@H](O)CCC(C)(C)C. The number of fused-ring (bicyclic) bond motifs is 1. The Balaban J connectivity index is 1.82. The fourth-order valence-corrected chi connectivity index (χ4v) is 8.39. The van der Waals surface area contributed by atoms with Crippen molar-refractivity contribution in [2.45, 2.75) is 85.8 Å². The van der Waals surface area contributed by atoms with Gasteiger partial charge < -0.3 is 5.11 Å². The Bertz CT molecular complexity index is 693. The number of sulfonamides is 1. The van der Waals surface area contributed by atoms with Gasteiger partial charge in [0.15, 0.2) is 0 Å². The molecule has 26 heavy (non-hydrogen) atoms. The summed E-state index contributed by atoms with van der Waals surface area (Å²) in [4.78, 5) is 13.1. The van der Waals surface area contributed by atoms with Crippen molar-refractivity contribution in [3.63, 3.8) is 0 Å². The maximum atomic E-state index is 13.1. The minimum Gasteiger partial charge on any atom is -0.392 e. The predicted molar refractivity (Wildman–Crippen MR) is 102 cm³/mol. The Morgan fingerprint density at radius 3 is 2.46 bits per heavy atom. The predicted octanol–water partition coefficient (Wildman–Crippen LogP) is 3.18. The highest BCUT2D eigenvalue weighted by atomic mass is 32.2. The number of amides is 1. The van der Waals surface area contributed by atoms with Crippen LogP contribution >= 0.6 is 0 Å². The molecule has 5 nitrogen and oxygen atoms in total. The van der Waals surface area contributed by atoms with Gasteiger partial charge in [-0.1, -0.05) is 41.5 Å². The molecule has 150 valence electrons. The number of carbonyl (C=O) groups is 1. The number of aliphatic hydroxyl groups excluding tert-OH is 1. The number of aliphatic hydroxyl groups is 1. The lowest BCUT2D eigenvalue weighted by Crippen LogP contribution is -2.47. The van der Waals surface area contributed by atoms with E-state index in [1.54, 1.807) is 6.92 Å². The summed E-state index contributed by atoms with van der Waals surface area (Å²) in [5.41, 5.74) is -0.280. The van der Waals surface area contributed by atoms with Gasteiger partial charge in [-0.2, -0.15) is 0 Å². The molecule has 2 saturated carbocycles. The van der Waals surface area contributed by atoms with Crippen LogP contribution in [0.3, 0.4) is 0 Å². The van der Waals surface area contributed by atoms with Gasteiger partial charge in [-0.05, 0) is 48.9 Å². The Morgan fingerprint density at radius 1 is 1.31 bits per heavy atom. The Kier molecular flexibility index (Phi) is 4.59. The summed E-state index contributed by atoms with van der Waals surface area (Å²) in [5, 5.41) is 10.5. The van der Waals surface area contributed by atoms with Crippen LogP contribution in [0.4, 0.5) is 0 Å². The van der Waals surface area contributed by atoms with E-state index in [0.717, 1.165) is 25.7 Å². The topological polar surface area (TPSA) is 74.7 Å². The summed E-state index contributed by atoms with van der Waals surface area (Å²) in [6, 6.07) is -0.217. The van der Waals surface area contributed by atoms with Crippen molar-refractivity contribution in [3.8, 4) is 0 Å². The molecule has 1 heterocycles. The molecule has 1 aliphatic heterocycles. The van der Waals surface area contributed by atoms with Gasteiger partial charge in [-0.3, -0.25) is 4.79 Å². The van der Waals surface area contributed by atoms with Crippen LogP contribution in [0.15, 0.2) is 0 Å². The molecule has 0 aromatic carbocycles. The largest absolute Gasteiger partial charge is 0.392 e. The molecule has 1 saturated heterocycles. The van der Waals surface area contributed by atoms with Gasteiger partial charge in [0.25, 0.3) is 0 Å². The summed E-state index contributed by atoms with van der Waals surface area (Å²) in [5.74, 6) is -0.523. The third-order valence-electron chi connectivity index (χ3n) is 7.79. The van der Waals surface area contributed by atoms with Crippen LogP contribution in [-0.2, 0) is 14.8 Å². The maximum absolute atomic E-state index is 13.1. The first kappa shape index (κ1) is 20.1. The van der Waals surface area contributed by atoms with Gasteiger partial charge in [0, 0.05) is 5.41 Å². The van der Waals surface area contributed by atoms with Gasteiger partial charge in [-0.15, -0.1) is 0 Å². The monoisotopic (exact) mass is 385 g/mol. The van der Waals surface area contributed by atoms with Crippen LogP contribution in [0.1, 0.15) is 73.6 Å². The van der Waals surface area contributed by atoms with E-state index in [0.29, 0.717) is 12.3 Å². The second-order valence-corrected chi connectivity index (χ2v) is 12.6. The Morgan fingerprint density at radius 2 is 1.92 bits per heavy atom. The smallest absolute Gasteiger partial charge is 0.241 e.